The van der Waals surface area contributed by atoms with Crippen molar-refractivity contribution in [3.63, 3.8) is 0 Å². The van der Waals surface area contributed by atoms with Crippen LogP contribution in [0.25, 0.3) is 0 Å². The average Bonchev–Trinajstić information content (AvgIpc) is 2.71. The number of hydrogen-bond acceptors (Lipinski definition) is 5. The fourth-order valence-electron chi connectivity index (χ4n) is 3.86. The summed E-state index contributed by atoms with van der Waals surface area (Å²) in [6.07, 6.45) is 8.78. The monoisotopic (exact) mass is 381 g/mol. The Hall–Kier alpha value is -2.96. The number of carbonyl (C=O) groups is 2. The zero-order chi connectivity index (χ0) is 19.9. The van der Waals surface area contributed by atoms with E-state index in [1.165, 1.54) is 12.4 Å². The van der Waals surface area contributed by atoms with Crippen LogP contribution in [0.5, 0.6) is 0 Å². The lowest BCUT2D eigenvalue weighted by atomic mass is 9.77. The van der Waals surface area contributed by atoms with Crippen LogP contribution < -0.4 is 16.4 Å². The van der Waals surface area contributed by atoms with Crippen molar-refractivity contribution >= 4 is 17.5 Å². The molecule has 1 saturated carbocycles. The predicted octanol–water partition coefficient (Wildman–Crippen LogP) is 2.47. The normalized spacial score (nSPS) is 20.2. The number of nitrogens with two attached hydrogens (primary N) is 1. The summed E-state index contributed by atoms with van der Waals surface area (Å²) in [6.45, 7) is 2.18. The van der Waals surface area contributed by atoms with Gasteiger partial charge in [-0.15, -0.1) is 0 Å². The number of nitrogens with one attached hydrogen (secondary N) is 2. The number of hydrogen-bond donors (Lipinski definition) is 3. The third-order valence-electron chi connectivity index (χ3n) is 5.30. The summed E-state index contributed by atoms with van der Waals surface area (Å²) in [6, 6.07) is 7.36. The maximum atomic E-state index is 12.3. The number of anilines is 1. The molecule has 0 spiro atoms. The van der Waals surface area contributed by atoms with Crippen LogP contribution in [0.3, 0.4) is 0 Å². The van der Waals surface area contributed by atoms with Crippen LogP contribution in [0.4, 0.5) is 5.69 Å². The van der Waals surface area contributed by atoms with Crippen LogP contribution in [0.15, 0.2) is 42.9 Å². The van der Waals surface area contributed by atoms with Gasteiger partial charge in [0.25, 0.3) is 5.91 Å². The second-order valence-electron chi connectivity index (χ2n) is 7.43. The van der Waals surface area contributed by atoms with E-state index in [-0.39, 0.29) is 17.9 Å². The number of pyridine rings is 2. The summed E-state index contributed by atoms with van der Waals surface area (Å²) < 4.78 is 0. The second-order valence-corrected chi connectivity index (χ2v) is 7.43. The standard InChI is InChI=1S/C21H27N5O2/c1-14(27)26-20(19-4-2-3-9-24-19)16-7-5-15(6-8-16)11-25-21(28)17-10-18(22)13-23-12-17/h2-4,9-10,12-13,15-16,20H,5-8,11,22H2,1H3,(H,25,28)(H,26,27). The molecular weight excluding hydrogens is 354 g/mol. The van der Waals surface area contributed by atoms with Crippen molar-refractivity contribution in [2.45, 2.75) is 38.6 Å². The molecule has 7 nitrogen and oxygen atoms in total. The van der Waals surface area contributed by atoms with Gasteiger partial charge < -0.3 is 16.4 Å². The third-order valence-corrected chi connectivity index (χ3v) is 5.30. The van der Waals surface area contributed by atoms with E-state index < -0.39 is 0 Å². The van der Waals surface area contributed by atoms with E-state index in [0.717, 1.165) is 31.4 Å². The number of rotatable bonds is 6. The Morgan fingerprint density at radius 3 is 2.64 bits per heavy atom. The number of carbonyl (C=O) groups excluding carboxylic acids is 2. The first-order valence-corrected chi connectivity index (χ1v) is 9.69. The maximum Gasteiger partial charge on any atom is 0.252 e. The van der Waals surface area contributed by atoms with Crippen LogP contribution >= 0.6 is 0 Å². The van der Waals surface area contributed by atoms with Crippen molar-refractivity contribution in [2.24, 2.45) is 11.8 Å². The molecule has 1 aliphatic carbocycles. The highest BCUT2D eigenvalue weighted by Gasteiger charge is 2.30. The molecule has 0 aromatic carbocycles. The predicted molar refractivity (Wildman–Crippen MR) is 107 cm³/mol. The molecule has 7 heteroatoms. The van der Waals surface area contributed by atoms with Crippen LogP contribution in [0.2, 0.25) is 0 Å². The lowest BCUT2D eigenvalue weighted by Gasteiger charge is -2.34. The summed E-state index contributed by atoms with van der Waals surface area (Å²) in [7, 11) is 0. The molecule has 148 valence electrons. The van der Waals surface area contributed by atoms with E-state index in [2.05, 4.69) is 20.6 Å². The molecule has 2 heterocycles. The zero-order valence-corrected chi connectivity index (χ0v) is 16.1. The minimum atomic E-state index is -0.147. The Bertz CT molecular complexity index is 803. The van der Waals surface area contributed by atoms with E-state index >= 15 is 0 Å². The molecular formula is C21H27N5O2. The number of nitrogens with zero attached hydrogens (tertiary/aromatic N) is 2. The molecule has 2 amide bonds. The Morgan fingerprint density at radius 2 is 2.00 bits per heavy atom. The van der Waals surface area contributed by atoms with Crippen molar-refractivity contribution in [1.29, 1.82) is 0 Å². The lowest BCUT2D eigenvalue weighted by molar-refractivity contribution is -0.120. The fraction of sp³-hybridized carbons (Fsp3) is 0.429. The number of amides is 2. The quantitative estimate of drug-likeness (QED) is 0.712. The highest BCUT2D eigenvalue weighted by molar-refractivity contribution is 5.94. The first-order valence-electron chi connectivity index (χ1n) is 9.69. The lowest BCUT2D eigenvalue weighted by Crippen LogP contribution is -2.36. The van der Waals surface area contributed by atoms with Gasteiger partial charge in [0.05, 0.1) is 23.0 Å². The smallest absolute Gasteiger partial charge is 0.252 e. The highest BCUT2D eigenvalue weighted by atomic mass is 16.2. The average molecular weight is 381 g/mol. The molecule has 0 radical (unpaired) electrons. The third kappa shape index (κ3) is 5.28. The van der Waals surface area contributed by atoms with E-state index in [4.69, 9.17) is 5.73 Å². The van der Waals surface area contributed by atoms with Crippen molar-refractivity contribution in [3.8, 4) is 0 Å². The molecule has 1 fully saturated rings. The number of nitrogen functional groups attached to an aromatic ring is 1. The second kappa shape index (κ2) is 9.30. The van der Waals surface area contributed by atoms with Gasteiger partial charge in [-0.3, -0.25) is 19.6 Å². The Labute approximate surface area is 165 Å². The van der Waals surface area contributed by atoms with Crippen molar-refractivity contribution in [1.82, 2.24) is 20.6 Å². The molecule has 0 aliphatic heterocycles. The Balaban J connectivity index is 1.53. The molecule has 2 aromatic heterocycles. The van der Waals surface area contributed by atoms with Crippen LogP contribution in [-0.4, -0.2) is 28.3 Å². The topological polar surface area (TPSA) is 110 Å². The highest BCUT2D eigenvalue weighted by Crippen LogP contribution is 2.36. The summed E-state index contributed by atoms with van der Waals surface area (Å²) >= 11 is 0. The van der Waals surface area contributed by atoms with Gasteiger partial charge in [0.15, 0.2) is 0 Å². The first-order chi connectivity index (χ1) is 13.5. The molecule has 0 saturated heterocycles. The van der Waals surface area contributed by atoms with Crippen molar-refractivity contribution < 1.29 is 9.59 Å². The minimum absolute atomic E-state index is 0.0409. The van der Waals surface area contributed by atoms with Gasteiger partial charge >= 0.3 is 0 Å². The van der Waals surface area contributed by atoms with Crippen molar-refractivity contribution in [2.75, 3.05) is 12.3 Å². The largest absolute Gasteiger partial charge is 0.397 e. The maximum absolute atomic E-state index is 12.3. The Morgan fingerprint density at radius 1 is 1.21 bits per heavy atom. The van der Waals surface area contributed by atoms with Crippen LogP contribution in [-0.2, 0) is 4.79 Å². The molecule has 2 aromatic rings. The molecule has 28 heavy (non-hydrogen) atoms. The SMILES string of the molecule is CC(=O)NC(c1ccccn1)C1CCC(CNC(=O)c2cncc(N)c2)CC1. The summed E-state index contributed by atoms with van der Waals surface area (Å²) in [5.74, 6) is 0.590. The number of aromatic nitrogens is 2. The van der Waals surface area contributed by atoms with Gasteiger partial charge in [-0.25, -0.2) is 0 Å². The minimum Gasteiger partial charge on any atom is -0.397 e. The summed E-state index contributed by atoms with van der Waals surface area (Å²) in [5, 5.41) is 6.06. The molecule has 1 atom stereocenters. The van der Waals surface area contributed by atoms with Crippen molar-refractivity contribution in [3.05, 3.63) is 54.1 Å². The van der Waals surface area contributed by atoms with Crippen LogP contribution in [0, 0.1) is 11.8 Å². The fourth-order valence-corrected chi connectivity index (χ4v) is 3.86. The first kappa shape index (κ1) is 19.8. The van der Waals surface area contributed by atoms with E-state index in [1.807, 2.05) is 18.2 Å². The molecule has 4 N–H and O–H groups in total. The van der Waals surface area contributed by atoms with Gasteiger partial charge in [-0.1, -0.05) is 6.07 Å². The molecule has 3 rings (SSSR count). The van der Waals surface area contributed by atoms with Gasteiger partial charge in [-0.2, -0.15) is 0 Å². The molecule has 0 bridgehead atoms. The molecule has 1 aliphatic rings. The van der Waals surface area contributed by atoms with Gasteiger partial charge in [0.2, 0.25) is 5.91 Å². The van der Waals surface area contributed by atoms with Gasteiger partial charge in [0, 0.05) is 32.1 Å². The summed E-state index contributed by atoms with van der Waals surface area (Å²) in [4.78, 5) is 32.3. The van der Waals surface area contributed by atoms with E-state index in [1.54, 1.807) is 19.2 Å². The zero-order valence-electron chi connectivity index (χ0n) is 16.1. The Kier molecular flexibility index (Phi) is 6.57. The van der Waals surface area contributed by atoms with E-state index in [9.17, 15) is 9.59 Å². The van der Waals surface area contributed by atoms with E-state index in [0.29, 0.717) is 29.6 Å². The van der Waals surface area contributed by atoms with Gasteiger partial charge in [0.1, 0.15) is 0 Å². The summed E-state index contributed by atoms with van der Waals surface area (Å²) in [5.41, 5.74) is 7.55. The molecule has 1 unspecified atom stereocenters. The van der Waals surface area contributed by atoms with Gasteiger partial charge in [-0.05, 0) is 55.7 Å². The van der Waals surface area contributed by atoms with Crippen LogP contribution in [0.1, 0.15) is 54.7 Å².